The maximum atomic E-state index is 12.3. The van der Waals surface area contributed by atoms with E-state index < -0.39 is 0 Å². The zero-order valence-electron chi connectivity index (χ0n) is 13.3. The molecule has 0 atom stereocenters. The van der Waals surface area contributed by atoms with Crippen LogP contribution in [0.1, 0.15) is 21.5 Å². The molecule has 0 saturated heterocycles. The van der Waals surface area contributed by atoms with E-state index in [1.165, 1.54) is 0 Å². The van der Waals surface area contributed by atoms with Crippen LogP contribution in [0.5, 0.6) is 0 Å². The lowest BCUT2D eigenvalue weighted by Crippen LogP contribution is -2.19. The van der Waals surface area contributed by atoms with E-state index in [1.54, 1.807) is 36.0 Å². The topological polar surface area (TPSA) is 68.5 Å². The maximum absolute atomic E-state index is 12.3. The first-order chi connectivity index (χ1) is 12.2. The van der Waals surface area contributed by atoms with Crippen LogP contribution in [-0.2, 0) is 0 Å². The first-order valence-corrected chi connectivity index (χ1v) is 8.73. The molecule has 122 valence electrons. The fourth-order valence-corrected chi connectivity index (χ4v) is 3.77. The van der Waals surface area contributed by atoms with Gasteiger partial charge in [-0.15, -0.1) is 0 Å². The smallest absolute Gasteiger partial charge is 0.255 e. The van der Waals surface area contributed by atoms with Crippen LogP contribution in [0.4, 0.5) is 5.69 Å². The minimum absolute atomic E-state index is 0.227. The SMILES string of the molecule is N#Cc1cccc(C(=O)Nc2ccc(C3=CSC4=NCCN34)cc2)c1. The van der Waals surface area contributed by atoms with Crippen molar-refractivity contribution in [2.75, 3.05) is 18.4 Å². The number of nitrogens with one attached hydrogen (secondary N) is 1. The van der Waals surface area contributed by atoms with Crippen LogP contribution >= 0.6 is 11.8 Å². The fraction of sp³-hybridized carbons (Fsp3) is 0.105. The summed E-state index contributed by atoms with van der Waals surface area (Å²) in [6, 6.07) is 16.5. The van der Waals surface area contributed by atoms with Gasteiger partial charge < -0.3 is 10.2 Å². The quantitative estimate of drug-likeness (QED) is 0.923. The van der Waals surface area contributed by atoms with Gasteiger partial charge >= 0.3 is 0 Å². The molecule has 2 aliphatic rings. The average Bonchev–Trinajstić information content (AvgIpc) is 3.26. The lowest BCUT2D eigenvalue weighted by Gasteiger charge is -2.16. The van der Waals surface area contributed by atoms with Crippen LogP contribution in [0.2, 0.25) is 0 Å². The average molecular weight is 346 g/mol. The van der Waals surface area contributed by atoms with E-state index in [-0.39, 0.29) is 5.91 Å². The number of carbonyl (C=O) groups excluding carboxylic acids is 1. The van der Waals surface area contributed by atoms with Gasteiger partial charge in [-0.3, -0.25) is 9.79 Å². The van der Waals surface area contributed by atoms with Gasteiger partial charge in [-0.05, 0) is 35.9 Å². The molecule has 0 aliphatic carbocycles. The highest BCUT2D eigenvalue weighted by Gasteiger charge is 2.26. The molecule has 0 aromatic heterocycles. The summed E-state index contributed by atoms with van der Waals surface area (Å²) in [4.78, 5) is 19.0. The van der Waals surface area contributed by atoms with E-state index in [9.17, 15) is 4.79 Å². The summed E-state index contributed by atoms with van der Waals surface area (Å²) in [5, 5.41) is 15.0. The number of nitrogens with zero attached hydrogens (tertiary/aromatic N) is 3. The third-order valence-corrected chi connectivity index (χ3v) is 4.96. The van der Waals surface area contributed by atoms with Crippen LogP contribution in [0.25, 0.3) is 5.70 Å². The number of nitriles is 1. The van der Waals surface area contributed by atoms with Gasteiger partial charge in [0.2, 0.25) is 0 Å². The number of hydrogen-bond donors (Lipinski definition) is 1. The number of rotatable bonds is 3. The number of anilines is 1. The van der Waals surface area contributed by atoms with Gasteiger partial charge in [0.05, 0.1) is 23.9 Å². The van der Waals surface area contributed by atoms with Crippen molar-refractivity contribution in [1.82, 2.24) is 4.90 Å². The Hall–Kier alpha value is -3.04. The summed E-state index contributed by atoms with van der Waals surface area (Å²) in [5.41, 5.74) is 3.91. The van der Waals surface area contributed by atoms with Crippen molar-refractivity contribution in [1.29, 1.82) is 5.26 Å². The lowest BCUT2D eigenvalue weighted by atomic mass is 10.1. The molecule has 0 radical (unpaired) electrons. The molecule has 0 spiro atoms. The molecule has 2 aliphatic heterocycles. The molecule has 0 fully saturated rings. The Morgan fingerprint density at radius 2 is 2.08 bits per heavy atom. The number of benzene rings is 2. The Kier molecular flexibility index (Phi) is 4.00. The molecule has 4 rings (SSSR count). The summed E-state index contributed by atoms with van der Waals surface area (Å²) in [6.45, 7) is 1.76. The van der Waals surface area contributed by atoms with Gasteiger partial charge in [0.15, 0.2) is 5.17 Å². The van der Waals surface area contributed by atoms with Crippen molar-refractivity contribution in [2.45, 2.75) is 0 Å². The predicted octanol–water partition coefficient (Wildman–Crippen LogP) is 3.53. The Morgan fingerprint density at radius 1 is 1.24 bits per heavy atom. The summed E-state index contributed by atoms with van der Waals surface area (Å²) in [5.74, 6) is -0.227. The van der Waals surface area contributed by atoms with Gasteiger partial charge in [-0.1, -0.05) is 30.0 Å². The minimum atomic E-state index is -0.227. The molecule has 2 aromatic carbocycles. The fourth-order valence-electron chi connectivity index (χ4n) is 2.80. The van der Waals surface area contributed by atoms with E-state index in [2.05, 4.69) is 20.6 Å². The van der Waals surface area contributed by atoms with Crippen molar-refractivity contribution >= 4 is 34.2 Å². The molecule has 6 heteroatoms. The Balaban J connectivity index is 1.48. The summed E-state index contributed by atoms with van der Waals surface area (Å²) in [7, 11) is 0. The molecule has 1 amide bonds. The largest absolute Gasteiger partial charge is 0.322 e. The molecule has 0 bridgehead atoms. The first-order valence-electron chi connectivity index (χ1n) is 7.85. The van der Waals surface area contributed by atoms with E-state index in [1.807, 2.05) is 30.3 Å². The maximum Gasteiger partial charge on any atom is 0.255 e. The lowest BCUT2D eigenvalue weighted by molar-refractivity contribution is 0.102. The number of thioether (sulfide) groups is 1. The van der Waals surface area contributed by atoms with Gasteiger partial charge in [0.25, 0.3) is 5.91 Å². The second-order valence-electron chi connectivity index (χ2n) is 5.66. The van der Waals surface area contributed by atoms with Crippen LogP contribution < -0.4 is 5.32 Å². The third kappa shape index (κ3) is 3.02. The summed E-state index contributed by atoms with van der Waals surface area (Å²) >= 11 is 1.65. The molecule has 0 unspecified atom stereocenters. The molecule has 25 heavy (non-hydrogen) atoms. The highest BCUT2D eigenvalue weighted by atomic mass is 32.2. The van der Waals surface area contributed by atoms with Crippen LogP contribution in [0.15, 0.2) is 58.9 Å². The van der Waals surface area contributed by atoms with Crippen LogP contribution in [0, 0.1) is 11.3 Å². The van der Waals surface area contributed by atoms with Gasteiger partial charge in [-0.25, -0.2) is 0 Å². The molecular weight excluding hydrogens is 332 g/mol. The zero-order valence-corrected chi connectivity index (χ0v) is 14.1. The van der Waals surface area contributed by atoms with Gasteiger partial charge in [-0.2, -0.15) is 5.26 Å². The molecule has 0 saturated carbocycles. The monoisotopic (exact) mass is 346 g/mol. The number of fused-ring (bicyclic) bond motifs is 1. The standard InChI is InChI=1S/C19H14N4OS/c20-11-13-2-1-3-15(10-13)18(24)22-16-6-4-14(5-7-16)17-12-25-19-21-8-9-23(17)19/h1-7,10,12H,8-9H2,(H,22,24). The van der Waals surface area contributed by atoms with Gasteiger partial charge in [0, 0.05) is 23.2 Å². The Labute approximate surface area is 149 Å². The van der Waals surface area contributed by atoms with Gasteiger partial charge in [0.1, 0.15) is 0 Å². The van der Waals surface area contributed by atoms with Crippen molar-refractivity contribution in [3.05, 3.63) is 70.6 Å². The van der Waals surface area contributed by atoms with E-state index in [4.69, 9.17) is 5.26 Å². The number of aliphatic imine (C=N–C) groups is 1. The second kappa shape index (κ2) is 6.46. The van der Waals surface area contributed by atoms with E-state index >= 15 is 0 Å². The molecule has 2 aromatic rings. The zero-order chi connectivity index (χ0) is 17.2. The predicted molar refractivity (Wildman–Crippen MR) is 100 cm³/mol. The number of hydrogen-bond acceptors (Lipinski definition) is 5. The van der Waals surface area contributed by atoms with Crippen molar-refractivity contribution in [3.63, 3.8) is 0 Å². The Morgan fingerprint density at radius 3 is 2.88 bits per heavy atom. The van der Waals surface area contributed by atoms with E-state index in [0.29, 0.717) is 11.1 Å². The summed E-state index contributed by atoms with van der Waals surface area (Å²) in [6.07, 6.45) is 0. The highest BCUT2D eigenvalue weighted by molar-refractivity contribution is 8.16. The minimum Gasteiger partial charge on any atom is -0.322 e. The van der Waals surface area contributed by atoms with Crippen molar-refractivity contribution < 1.29 is 4.79 Å². The van der Waals surface area contributed by atoms with Crippen molar-refractivity contribution in [2.24, 2.45) is 4.99 Å². The molecular formula is C19H14N4OS. The third-order valence-electron chi connectivity index (χ3n) is 4.06. The van der Waals surface area contributed by atoms with E-state index in [0.717, 1.165) is 35.2 Å². The Bertz CT molecular complexity index is 941. The van der Waals surface area contributed by atoms with Crippen LogP contribution in [0.3, 0.4) is 0 Å². The highest BCUT2D eigenvalue weighted by Crippen LogP contribution is 2.35. The normalized spacial score (nSPS) is 15.2. The molecule has 5 nitrogen and oxygen atoms in total. The first kappa shape index (κ1) is 15.5. The molecule has 1 N–H and O–H groups in total. The van der Waals surface area contributed by atoms with Crippen molar-refractivity contribution in [3.8, 4) is 6.07 Å². The van der Waals surface area contributed by atoms with Crippen LogP contribution in [-0.4, -0.2) is 29.1 Å². The molecule has 2 heterocycles. The summed E-state index contributed by atoms with van der Waals surface area (Å²) < 4.78 is 0. The number of carbonyl (C=O) groups is 1. The number of amides is 1. The second-order valence-corrected chi connectivity index (χ2v) is 6.50. The number of amidine groups is 1.